The van der Waals surface area contributed by atoms with Crippen LogP contribution < -0.4 is 5.84 Å². The van der Waals surface area contributed by atoms with Gasteiger partial charge in [-0.2, -0.15) is 5.11 Å². The summed E-state index contributed by atoms with van der Waals surface area (Å²) in [6.07, 6.45) is 0.371. The van der Waals surface area contributed by atoms with E-state index in [0.717, 1.165) is 0 Å². The van der Waals surface area contributed by atoms with Gasteiger partial charge >= 0.3 is 12.1 Å². The van der Waals surface area contributed by atoms with E-state index in [1.807, 2.05) is 0 Å². The molecule has 1 rings (SSSR count). The first-order chi connectivity index (χ1) is 9.28. The van der Waals surface area contributed by atoms with Gasteiger partial charge in [0.15, 0.2) is 0 Å². The van der Waals surface area contributed by atoms with Gasteiger partial charge in [0.25, 0.3) is 0 Å². The molecule has 0 spiro atoms. The van der Waals surface area contributed by atoms with Crippen LogP contribution in [0.1, 0.15) is 33.6 Å². The van der Waals surface area contributed by atoms with Gasteiger partial charge in [-0.1, -0.05) is 5.22 Å². The van der Waals surface area contributed by atoms with E-state index in [0.29, 0.717) is 19.4 Å². The van der Waals surface area contributed by atoms with E-state index in [9.17, 15) is 9.59 Å². The number of esters is 1. The Labute approximate surface area is 118 Å². The van der Waals surface area contributed by atoms with Crippen molar-refractivity contribution in [3.05, 3.63) is 0 Å². The molecule has 1 saturated heterocycles. The number of carbonyl (C=O) groups excluding carboxylic acids is 2. The summed E-state index contributed by atoms with van der Waals surface area (Å²) in [5.41, 5.74) is -0.619. The van der Waals surface area contributed by atoms with Crippen molar-refractivity contribution in [2.24, 2.45) is 16.2 Å². The number of hydrogen-bond acceptors (Lipinski definition) is 6. The van der Waals surface area contributed by atoms with E-state index < -0.39 is 23.7 Å². The van der Waals surface area contributed by atoms with Crippen LogP contribution in [0, 0.1) is 0 Å². The fraction of sp³-hybridized carbons (Fsp3) is 0.833. The van der Waals surface area contributed by atoms with Crippen LogP contribution in [0.3, 0.4) is 0 Å². The molecule has 0 bridgehead atoms. The minimum Gasteiger partial charge on any atom is -0.467 e. The average molecular weight is 286 g/mol. The molecule has 0 saturated carbocycles. The van der Waals surface area contributed by atoms with Crippen molar-refractivity contribution >= 4 is 12.1 Å². The first-order valence-corrected chi connectivity index (χ1v) is 6.46. The van der Waals surface area contributed by atoms with Crippen LogP contribution in [-0.2, 0) is 14.3 Å². The maximum absolute atomic E-state index is 12.1. The zero-order valence-corrected chi connectivity index (χ0v) is 12.3. The van der Waals surface area contributed by atoms with Crippen molar-refractivity contribution in [3.8, 4) is 0 Å². The third-order valence-corrected chi connectivity index (χ3v) is 2.91. The highest BCUT2D eigenvalue weighted by Crippen LogP contribution is 2.23. The quantitative estimate of drug-likeness (QED) is 0.356. The Morgan fingerprint density at radius 1 is 1.35 bits per heavy atom. The molecule has 2 N–H and O–H groups in total. The largest absolute Gasteiger partial charge is 0.467 e. The number of rotatable bonds is 2. The van der Waals surface area contributed by atoms with Crippen molar-refractivity contribution < 1.29 is 19.1 Å². The molecule has 1 aliphatic heterocycles. The molecular formula is C12H22N4O4. The number of likely N-dealkylation sites (tertiary alicyclic amines) is 1. The van der Waals surface area contributed by atoms with Crippen molar-refractivity contribution in [2.75, 3.05) is 13.7 Å². The molecule has 1 heterocycles. The van der Waals surface area contributed by atoms with Crippen molar-refractivity contribution in [1.82, 2.24) is 4.90 Å². The summed E-state index contributed by atoms with van der Waals surface area (Å²) in [5.74, 6) is 4.54. The SMILES string of the molecule is COC(=O)[C@@H]1C[C@H](N=NN)CCN1C(=O)OC(C)(C)C. The number of nitrogens with zero attached hydrogens (tertiary/aromatic N) is 3. The van der Waals surface area contributed by atoms with Crippen molar-refractivity contribution in [1.29, 1.82) is 0 Å². The number of amides is 1. The molecule has 8 nitrogen and oxygen atoms in total. The smallest absolute Gasteiger partial charge is 0.411 e. The maximum atomic E-state index is 12.1. The fourth-order valence-corrected chi connectivity index (χ4v) is 2.04. The summed E-state index contributed by atoms with van der Waals surface area (Å²) in [5, 5.41) is 7.08. The number of carbonyl (C=O) groups is 2. The molecule has 20 heavy (non-hydrogen) atoms. The Balaban J connectivity index is 2.83. The Morgan fingerprint density at radius 3 is 2.50 bits per heavy atom. The summed E-state index contributed by atoms with van der Waals surface area (Å²) in [6, 6.07) is -0.915. The van der Waals surface area contributed by atoms with Crippen molar-refractivity contribution in [3.63, 3.8) is 0 Å². The van der Waals surface area contributed by atoms with Gasteiger partial charge in [0.2, 0.25) is 0 Å². The first-order valence-electron chi connectivity index (χ1n) is 6.46. The highest BCUT2D eigenvalue weighted by molar-refractivity contribution is 5.81. The molecule has 0 radical (unpaired) electrons. The zero-order valence-electron chi connectivity index (χ0n) is 12.3. The lowest BCUT2D eigenvalue weighted by molar-refractivity contribution is -0.148. The number of ether oxygens (including phenoxy) is 2. The van der Waals surface area contributed by atoms with Crippen LogP contribution in [-0.4, -0.2) is 48.3 Å². The molecule has 0 aromatic heterocycles. The zero-order chi connectivity index (χ0) is 15.3. The lowest BCUT2D eigenvalue weighted by Gasteiger charge is -2.36. The van der Waals surface area contributed by atoms with Crippen LogP contribution in [0.25, 0.3) is 0 Å². The number of methoxy groups -OCH3 is 1. The second-order valence-corrected chi connectivity index (χ2v) is 5.62. The molecule has 2 atom stereocenters. The monoisotopic (exact) mass is 286 g/mol. The molecule has 114 valence electrons. The van der Waals surface area contributed by atoms with Gasteiger partial charge in [0, 0.05) is 13.0 Å². The molecule has 0 aromatic rings. The summed E-state index contributed by atoms with van der Waals surface area (Å²) in [6.45, 7) is 5.66. The normalized spacial score (nSPS) is 23.7. The Kier molecular flexibility index (Phi) is 5.29. The second-order valence-electron chi connectivity index (χ2n) is 5.62. The Hall–Kier alpha value is -1.86. The third-order valence-electron chi connectivity index (χ3n) is 2.91. The summed E-state index contributed by atoms with van der Waals surface area (Å²) < 4.78 is 10.0. The van der Waals surface area contributed by atoms with E-state index in [1.165, 1.54) is 12.0 Å². The lowest BCUT2D eigenvalue weighted by atomic mass is 9.98. The number of piperidine rings is 1. The molecule has 8 heteroatoms. The van der Waals surface area contributed by atoms with Crippen LogP contribution in [0.4, 0.5) is 4.79 Å². The lowest BCUT2D eigenvalue weighted by Crippen LogP contribution is -2.52. The van der Waals surface area contributed by atoms with Crippen molar-refractivity contribution in [2.45, 2.75) is 51.3 Å². The molecule has 0 unspecified atom stereocenters. The van der Waals surface area contributed by atoms with Gasteiger partial charge in [0.05, 0.1) is 13.2 Å². The van der Waals surface area contributed by atoms with E-state index in [-0.39, 0.29) is 6.04 Å². The van der Waals surface area contributed by atoms with Gasteiger partial charge in [-0.05, 0) is 27.2 Å². The topological polar surface area (TPSA) is 107 Å². The van der Waals surface area contributed by atoms with E-state index >= 15 is 0 Å². The summed E-state index contributed by atoms with van der Waals surface area (Å²) in [7, 11) is 1.28. The third kappa shape index (κ3) is 4.36. The van der Waals surface area contributed by atoms with Crippen LogP contribution >= 0.6 is 0 Å². The maximum Gasteiger partial charge on any atom is 0.411 e. The van der Waals surface area contributed by atoms with Crippen LogP contribution in [0.5, 0.6) is 0 Å². The van der Waals surface area contributed by atoms with Gasteiger partial charge in [-0.25, -0.2) is 9.59 Å². The molecular weight excluding hydrogens is 264 g/mol. The van der Waals surface area contributed by atoms with E-state index in [1.54, 1.807) is 20.8 Å². The second kappa shape index (κ2) is 6.53. The summed E-state index contributed by atoms with van der Waals surface area (Å²) in [4.78, 5) is 25.3. The first kappa shape index (κ1) is 16.2. The predicted octanol–water partition coefficient (Wildman–Crippen LogP) is 1.25. The molecule has 1 aliphatic rings. The molecule has 0 aliphatic carbocycles. The highest BCUT2D eigenvalue weighted by Gasteiger charge is 2.39. The van der Waals surface area contributed by atoms with E-state index in [2.05, 4.69) is 10.3 Å². The highest BCUT2D eigenvalue weighted by atomic mass is 16.6. The Morgan fingerprint density at radius 2 is 2.00 bits per heavy atom. The van der Waals surface area contributed by atoms with E-state index in [4.69, 9.17) is 15.3 Å². The number of hydrogen-bond donors (Lipinski definition) is 1. The minimum atomic E-state index is -0.723. The predicted molar refractivity (Wildman–Crippen MR) is 70.8 cm³/mol. The van der Waals surface area contributed by atoms with Gasteiger partial charge < -0.3 is 15.3 Å². The molecule has 1 amide bonds. The molecule has 1 fully saturated rings. The Bertz CT molecular complexity index is 391. The number of nitrogens with two attached hydrogens (primary N) is 1. The minimum absolute atomic E-state index is 0.192. The van der Waals surface area contributed by atoms with Gasteiger partial charge in [-0.3, -0.25) is 4.90 Å². The van der Waals surface area contributed by atoms with Crippen LogP contribution in [0.2, 0.25) is 0 Å². The van der Waals surface area contributed by atoms with Crippen LogP contribution in [0.15, 0.2) is 10.3 Å². The standard InChI is InChI=1S/C12H22N4O4/c1-12(2,3)20-11(18)16-6-5-8(14-15-13)7-9(16)10(17)19-4/h8-9H,5-7H2,1-4H3,(H2,13,14)/t8-,9+/m1/s1. The van der Waals surface area contributed by atoms with Gasteiger partial charge in [0.1, 0.15) is 11.6 Å². The average Bonchev–Trinajstić information content (AvgIpc) is 2.36. The fourth-order valence-electron chi connectivity index (χ4n) is 2.04. The van der Waals surface area contributed by atoms with Gasteiger partial charge in [-0.15, -0.1) is 0 Å². The summed E-state index contributed by atoms with van der Waals surface area (Å²) >= 11 is 0. The molecule has 0 aromatic carbocycles.